The number of carboxylic acid groups (broad SMARTS) is 1. The fourth-order valence-corrected chi connectivity index (χ4v) is 5.87. The van der Waals surface area contributed by atoms with Crippen LogP contribution in [0, 0.1) is 11.8 Å². The molecular weight excluding hydrogens is 410 g/mol. The molecule has 2 N–H and O–H groups in total. The first-order chi connectivity index (χ1) is 15.3. The van der Waals surface area contributed by atoms with Gasteiger partial charge in [0.05, 0.1) is 11.2 Å². The number of aromatic nitrogens is 1. The number of hydrogen-bond acceptors (Lipinski definition) is 4. The van der Waals surface area contributed by atoms with E-state index in [1.807, 2.05) is 26.0 Å². The predicted octanol–water partition coefficient (Wildman–Crippen LogP) is 4.76. The largest absolute Gasteiger partial charge is 0.465 e. The zero-order chi connectivity index (χ0) is 22.6. The monoisotopic (exact) mass is 439 g/mol. The molecule has 0 radical (unpaired) electrons. The minimum Gasteiger partial charge on any atom is -0.465 e. The van der Waals surface area contributed by atoms with Gasteiger partial charge in [0.1, 0.15) is 11.6 Å². The van der Waals surface area contributed by atoms with Crippen LogP contribution in [0.2, 0.25) is 0 Å². The van der Waals surface area contributed by atoms with Gasteiger partial charge in [-0.3, -0.25) is 9.69 Å². The number of rotatable bonds is 3. The fraction of sp³-hybridized carbons (Fsp3) is 0.542. The zero-order valence-electron chi connectivity index (χ0n) is 18.5. The third-order valence-electron chi connectivity index (χ3n) is 7.43. The lowest BCUT2D eigenvalue weighted by molar-refractivity contribution is -0.121. The van der Waals surface area contributed by atoms with E-state index in [1.54, 1.807) is 12.1 Å². The lowest BCUT2D eigenvalue weighted by Gasteiger charge is -2.32. The average Bonchev–Trinajstić information content (AvgIpc) is 3.41. The number of ether oxygens (including phenoxy) is 1. The molecule has 32 heavy (non-hydrogen) atoms. The van der Waals surface area contributed by atoms with E-state index in [1.165, 1.54) is 15.9 Å². The summed E-state index contributed by atoms with van der Waals surface area (Å²) in [5.41, 5.74) is 1.27. The van der Waals surface area contributed by atoms with E-state index in [9.17, 15) is 19.5 Å². The van der Waals surface area contributed by atoms with Crippen molar-refractivity contribution in [1.82, 2.24) is 9.47 Å². The van der Waals surface area contributed by atoms with E-state index in [0.717, 1.165) is 43.2 Å². The van der Waals surface area contributed by atoms with Gasteiger partial charge < -0.3 is 15.2 Å². The maximum absolute atomic E-state index is 13.3. The van der Waals surface area contributed by atoms with Crippen LogP contribution in [-0.4, -0.2) is 45.3 Å². The summed E-state index contributed by atoms with van der Waals surface area (Å²) < 4.78 is 6.99. The third kappa shape index (κ3) is 3.32. The lowest BCUT2D eigenvalue weighted by atomic mass is 9.76. The Morgan fingerprint density at radius 3 is 2.59 bits per heavy atom. The van der Waals surface area contributed by atoms with Crippen LogP contribution in [0.1, 0.15) is 58.1 Å². The normalized spacial score (nSPS) is 25.1. The highest BCUT2D eigenvalue weighted by Crippen LogP contribution is 2.40. The van der Waals surface area contributed by atoms with Gasteiger partial charge in [-0.15, -0.1) is 0 Å². The molecule has 0 unspecified atom stereocenters. The highest BCUT2D eigenvalue weighted by molar-refractivity contribution is 6.00. The average molecular weight is 440 g/mol. The molecule has 1 saturated heterocycles. The van der Waals surface area contributed by atoms with Crippen LogP contribution in [0.4, 0.5) is 15.3 Å². The van der Waals surface area contributed by atoms with Gasteiger partial charge in [0.15, 0.2) is 0 Å². The molecule has 2 amide bonds. The van der Waals surface area contributed by atoms with Crippen molar-refractivity contribution in [1.29, 1.82) is 0 Å². The van der Waals surface area contributed by atoms with E-state index in [-0.39, 0.29) is 11.8 Å². The molecule has 8 heteroatoms. The fourth-order valence-electron chi connectivity index (χ4n) is 5.87. The van der Waals surface area contributed by atoms with Crippen LogP contribution in [0.15, 0.2) is 24.3 Å². The molecule has 5 rings (SSSR count). The topological polar surface area (TPSA) is 101 Å². The lowest BCUT2D eigenvalue weighted by Crippen LogP contribution is -2.47. The summed E-state index contributed by atoms with van der Waals surface area (Å²) in [6, 6.07) is 6.66. The van der Waals surface area contributed by atoms with Crippen LogP contribution < -0.4 is 5.32 Å². The summed E-state index contributed by atoms with van der Waals surface area (Å²) in [7, 11) is 0. The smallest absolute Gasteiger partial charge is 0.419 e. The molecule has 3 heterocycles. The molecule has 2 aromatic rings. The van der Waals surface area contributed by atoms with Crippen LogP contribution in [0.5, 0.6) is 0 Å². The second-order valence-electron chi connectivity index (χ2n) is 9.78. The quantitative estimate of drug-likeness (QED) is 0.718. The maximum Gasteiger partial charge on any atom is 0.419 e. The molecule has 2 atom stereocenters. The van der Waals surface area contributed by atoms with Crippen LogP contribution >= 0.6 is 0 Å². The number of cyclic esters (lactones) is 1. The molecule has 2 fully saturated rings. The van der Waals surface area contributed by atoms with Gasteiger partial charge in [0.2, 0.25) is 5.91 Å². The molecule has 170 valence electrons. The first-order valence-electron chi connectivity index (χ1n) is 11.5. The highest BCUT2D eigenvalue weighted by atomic mass is 16.6. The SMILES string of the molecule is CC1(C)OC(=O)n2c1cc1ccc(NC(=O)[C@@H]3[C@H](C4CCCCC4)CCN3C(=O)O)cc12. The van der Waals surface area contributed by atoms with Crippen molar-refractivity contribution in [3.05, 3.63) is 30.0 Å². The Labute approximate surface area is 186 Å². The van der Waals surface area contributed by atoms with Gasteiger partial charge >= 0.3 is 12.2 Å². The Hall–Kier alpha value is -3.03. The second-order valence-corrected chi connectivity index (χ2v) is 9.78. The van der Waals surface area contributed by atoms with Crippen molar-refractivity contribution < 1.29 is 24.2 Å². The molecule has 0 bridgehead atoms. The second kappa shape index (κ2) is 7.53. The van der Waals surface area contributed by atoms with E-state index in [2.05, 4.69) is 5.32 Å². The van der Waals surface area contributed by atoms with E-state index in [0.29, 0.717) is 23.7 Å². The maximum atomic E-state index is 13.3. The van der Waals surface area contributed by atoms with E-state index in [4.69, 9.17) is 4.74 Å². The number of hydrogen-bond donors (Lipinski definition) is 2. The molecule has 8 nitrogen and oxygen atoms in total. The summed E-state index contributed by atoms with van der Waals surface area (Å²) in [5, 5.41) is 13.5. The van der Waals surface area contributed by atoms with Crippen molar-refractivity contribution in [2.24, 2.45) is 11.8 Å². The van der Waals surface area contributed by atoms with Gasteiger partial charge in [0, 0.05) is 17.6 Å². The summed E-state index contributed by atoms with van der Waals surface area (Å²) in [4.78, 5) is 38.9. The van der Waals surface area contributed by atoms with Crippen LogP contribution in [0.25, 0.3) is 10.9 Å². The third-order valence-corrected chi connectivity index (χ3v) is 7.43. The number of likely N-dealkylation sites (tertiary alicyclic amines) is 1. The summed E-state index contributed by atoms with van der Waals surface area (Å²) >= 11 is 0. The Morgan fingerprint density at radius 1 is 1.12 bits per heavy atom. The molecular formula is C24H29N3O5. The first-order valence-corrected chi connectivity index (χ1v) is 11.5. The molecule has 1 saturated carbocycles. The first kappa shape index (κ1) is 20.8. The number of fused-ring (bicyclic) bond motifs is 3. The van der Waals surface area contributed by atoms with Crippen molar-refractivity contribution >= 4 is 34.7 Å². The molecule has 1 aromatic carbocycles. The molecule has 2 aliphatic heterocycles. The summed E-state index contributed by atoms with van der Waals surface area (Å²) in [6.45, 7) is 4.08. The Bertz CT molecular complexity index is 1100. The summed E-state index contributed by atoms with van der Waals surface area (Å²) in [6.07, 6.45) is 4.85. The van der Waals surface area contributed by atoms with Gasteiger partial charge in [-0.2, -0.15) is 0 Å². The van der Waals surface area contributed by atoms with Gasteiger partial charge in [-0.25, -0.2) is 14.2 Å². The highest BCUT2D eigenvalue weighted by Gasteiger charge is 2.45. The zero-order valence-corrected chi connectivity index (χ0v) is 18.5. The van der Waals surface area contributed by atoms with Crippen LogP contribution in [0.3, 0.4) is 0 Å². The van der Waals surface area contributed by atoms with Gasteiger partial charge in [-0.05, 0) is 50.3 Å². The van der Waals surface area contributed by atoms with Crippen LogP contribution in [-0.2, 0) is 15.1 Å². The predicted molar refractivity (Wildman–Crippen MR) is 119 cm³/mol. The minimum absolute atomic E-state index is 0.0449. The Balaban J connectivity index is 1.43. The number of nitrogens with zero attached hydrogens (tertiary/aromatic N) is 2. The van der Waals surface area contributed by atoms with Crippen molar-refractivity contribution in [3.63, 3.8) is 0 Å². The van der Waals surface area contributed by atoms with E-state index < -0.39 is 23.8 Å². The number of anilines is 1. The Morgan fingerprint density at radius 2 is 1.88 bits per heavy atom. The molecule has 1 aromatic heterocycles. The number of nitrogens with one attached hydrogen (secondary N) is 1. The Kier molecular flexibility index (Phi) is 4.91. The molecule has 3 aliphatic rings. The molecule has 1 aliphatic carbocycles. The number of carbonyl (C=O) groups excluding carboxylic acids is 2. The number of amides is 2. The summed E-state index contributed by atoms with van der Waals surface area (Å²) in [5.74, 6) is 0.136. The number of benzene rings is 1. The minimum atomic E-state index is -1.05. The number of carbonyl (C=O) groups is 3. The van der Waals surface area contributed by atoms with Gasteiger partial charge in [0.25, 0.3) is 0 Å². The molecule has 0 spiro atoms. The van der Waals surface area contributed by atoms with Crippen molar-refractivity contribution in [3.8, 4) is 0 Å². The van der Waals surface area contributed by atoms with Crippen molar-refractivity contribution in [2.45, 2.75) is 64.0 Å². The van der Waals surface area contributed by atoms with Crippen molar-refractivity contribution in [2.75, 3.05) is 11.9 Å². The van der Waals surface area contributed by atoms with Gasteiger partial charge in [-0.1, -0.05) is 38.2 Å². The standard InChI is InChI=1S/C24H29N3O5/c1-24(2)19-12-15-8-9-16(13-18(15)27(19)23(31)32-24)25-21(28)20-17(10-11-26(20)22(29)30)14-6-4-3-5-7-14/h8-9,12-14,17,20H,3-7,10-11H2,1-2H3,(H,25,28)(H,29,30)/t17-,20-/m0/s1. The van der Waals surface area contributed by atoms with E-state index >= 15 is 0 Å².